The van der Waals surface area contributed by atoms with Crippen LogP contribution >= 0.6 is 0 Å². The first-order chi connectivity index (χ1) is 18.4. The van der Waals surface area contributed by atoms with Crippen LogP contribution in [0.1, 0.15) is 67.3 Å². The van der Waals surface area contributed by atoms with Gasteiger partial charge in [0.15, 0.2) is 11.5 Å². The molecule has 1 saturated carbocycles. The second-order valence-corrected chi connectivity index (χ2v) is 10.8. The number of amides is 1. The van der Waals surface area contributed by atoms with Crippen molar-refractivity contribution >= 4 is 17.4 Å². The maximum atomic E-state index is 14.3. The molecule has 3 aliphatic rings. The van der Waals surface area contributed by atoms with E-state index in [2.05, 4.69) is 20.3 Å². The largest absolute Gasteiger partial charge is 0.387 e. The fourth-order valence-corrected chi connectivity index (χ4v) is 6.52. The molecule has 7 rings (SSSR count). The molecule has 0 aromatic carbocycles. The summed E-state index contributed by atoms with van der Waals surface area (Å²) in [6, 6.07) is 3.86. The van der Waals surface area contributed by atoms with Gasteiger partial charge in [0.1, 0.15) is 18.1 Å². The molecule has 196 valence electrons. The van der Waals surface area contributed by atoms with E-state index in [9.17, 15) is 14.3 Å². The van der Waals surface area contributed by atoms with Crippen molar-refractivity contribution in [2.45, 2.75) is 69.4 Å². The molecule has 4 aromatic rings. The Morgan fingerprint density at radius 1 is 1.16 bits per heavy atom. The number of aryl methyl sites for hydroxylation is 1. The number of pyridine rings is 1. The summed E-state index contributed by atoms with van der Waals surface area (Å²) in [5, 5.41) is 20.7. The van der Waals surface area contributed by atoms with E-state index in [0.717, 1.165) is 60.9 Å². The van der Waals surface area contributed by atoms with Crippen molar-refractivity contribution in [1.82, 2.24) is 34.7 Å². The Bertz CT molecular complexity index is 1540. The van der Waals surface area contributed by atoms with Crippen molar-refractivity contribution in [1.29, 1.82) is 0 Å². The SMILES string of the molecule is Cc1[nH]nc(-c2ccc(-c3cnn4c(N)c(C5CC5)c(C5CC6CCC(C5)N6C(=O)CO)nc34)cn2)c1F. The Morgan fingerprint density at radius 2 is 1.92 bits per heavy atom. The van der Waals surface area contributed by atoms with E-state index in [1.165, 1.54) is 0 Å². The number of aromatic amines is 1. The van der Waals surface area contributed by atoms with Gasteiger partial charge in [0, 0.05) is 40.9 Å². The van der Waals surface area contributed by atoms with E-state index >= 15 is 0 Å². The number of aliphatic hydroxyl groups excluding tert-OH is 1. The number of carbonyl (C=O) groups is 1. The summed E-state index contributed by atoms with van der Waals surface area (Å²) in [6.07, 6.45) is 9.15. The number of aromatic nitrogens is 6. The number of hydrogen-bond donors (Lipinski definition) is 3. The predicted molar refractivity (Wildman–Crippen MR) is 138 cm³/mol. The molecule has 0 spiro atoms. The maximum absolute atomic E-state index is 14.3. The Hall–Kier alpha value is -3.86. The smallest absolute Gasteiger partial charge is 0.248 e. The Kier molecular flexibility index (Phi) is 5.26. The molecule has 11 heteroatoms. The third-order valence-corrected chi connectivity index (χ3v) is 8.47. The van der Waals surface area contributed by atoms with Gasteiger partial charge in [-0.2, -0.15) is 14.7 Å². The van der Waals surface area contributed by atoms with Gasteiger partial charge in [-0.3, -0.25) is 14.9 Å². The zero-order chi connectivity index (χ0) is 26.1. The molecular formula is C27H29FN8O2. The van der Waals surface area contributed by atoms with Crippen molar-refractivity contribution in [3.8, 4) is 22.5 Å². The molecule has 2 aliphatic heterocycles. The van der Waals surface area contributed by atoms with E-state index in [1.54, 1.807) is 29.9 Å². The number of nitrogens with one attached hydrogen (secondary N) is 1. The van der Waals surface area contributed by atoms with Crippen molar-refractivity contribution in [2.75, 3.05) is 12.3 Å². The summed E-state index contributed by atoms with van der Waals surface area (Å²) in [7, 11) is 0. The molecule has 2 atom stereocenters. The summed E-state index contributed by atoms with van der Waals surface area (Å²) >= 11 is 0. The minimum absolute atomic E-state index is 0.122. The average molecular weight is 517 g/mol. The lowest BCUT2D eigenvalue weighted by molar-refractivity contribution is -0.138. The molecular weight excluding hydrogens is 487 g/mol. The normalized spacial score (nSPS) is 22.9. The molecule has 2 unspecified atom stereocenters. The van der Waals surface area contributed by atoms with Gasteiger partial charge in [-0.05, 0) is 57.4 Å². The molecule has 2 bridgehead atoms. The number of nitrogen functional groups attached to an aromatic ring is 1. The highest BCUT2D eigenvalue weighted by atomic mass is 19.1. The number of fused-ring (bicyclic) bond motifs is 3. The second-order valence-electron chi connectivity index (χ2n) is 10.8. The quantitative estimate of drug-likeness (QED) is 0.370. The van der Waals surface area contributed by atoms with Crippen LogP contribution in [0.15, 0.2) is 24.5 Å². The number of nitrogens with two attached hydrogens (primary N) is 1. The monoisotopic (exact) mass is 516 g/mol. The van der Waals surface area contributed by atoms with Crippen molar-refractivity contribution in [2.24, 2.45) is 0 Å². The molecule has 1 amide bonds. The molecule has 10 nitrogen and oxygen atoms in total. The van der Waals surface area contributed by atoms with E-state index in [4.69, 9.17) is 10.7 Å². The topological polar surface area (TPSA) is 138 Å². The summed E-state index contributed by atoms with van der Waals surface area (Å²) < 4.78 is 16.1. The molecule has 6 heterocycles. The van der Waals surface area contributed by atoms with Gasteiger partial charge in [0.25, 0.3) is 0 Å². The van der Waals surface area contributed by atoms with Crippen LogP contribution in [0.25, 0.3) is 28.2 Å². The number of carbonyl (C=O) groups excluding carboxylic acids is 1. The number of aliphatic hydroxyl groups is 1. The number of piperidine rings is 1. The minimum Gasteiger partial charge on any atom is -0.387 e. The highest BCUT2D eigenvalue weighted by Crippen LogP contribution is 2.50. The third-order valence-electron chi connectivity index (χ3n) is 8.47. The van der Waals surface area contributed by atoms with Crippen LogP contribution in [0.2, 0.25) is 0 Å². The van der Waals surface area contributed by atoms with Crippen LogP contribution in [0.3, 0.4) is 0 Å². The van der Waals surface area contributed by atoms with Gasteiger partial charge in [-0.15, -0.1) is 0 Å². The predicted octanol–water partition coefficient (Wildman–Crippen LogP) is 3.32. The maximum Gasteiger partial charge on any atom is 0.248 e. The highest BCUT2D eigenvalue weighted by Gasteiger charge is 2.45. The lowest BCUT2D eigenvalue weighted by atomic mass is 9.85. The fraction of sp³-hybridized carbons (Fsp3) is 0.444. The average Bonchev–Trinajstić information content (AvgIpc) is 3.50. The summed E-state index contributed by atoms with van der Waals surface area (Å²) in [5.41, 5.74) is 12.1. The van der Waals surface area contributed by atoms with Crippen molar-refractivity contribution in [3.63, 3.8) is 0 Å². The number of rotatable bonds is 5. The number of hydrogen-bond acceptors (Lipinski definition) is 7. The molecule has 3 fully saturated rings. The zero-order valence-electron chi connectivity index (χ0n) is 21.1. The van der Waals surface area contributed by atoms with Gasteiger partial charge in [-0.1, -0.05) is 6.07 Å². The number of nitrogens with zero attached hydrogens (tertiary/aromatic N) is 6. The lowest BCUT2D eigenvalue weighted by Crippen LogP contribution is -2.47. The van der Waals surface area contributed by atoms with Crippen molar-refractivity contribution in [3.05, 3.63) is 47.3 Å². The van der Waals surface area contributed by atoms with E-state index in [-0.39, 0.29) is 29.6 Å². The van der Waals surface area contributed by atoms with Gasteiger partial charge in [0.2, 0.25) is 5.91 Å². The minimum atomic E-state index is -0.444. The molecule has 2 saturated heterocycles. The molecule has 0 radical (unpaired) electrons. The van der Waals surface area contributed by atoms with E-state index in [0.29, 0.717) is 28.8 Å². The molecule has 38 heavy (non-hydrogen) atoms. The standard InChI is InChI=1S/C27H29FN8O2/c1-13-23(28)25(34-33-13)20-7-4-15(10-30-20)19-11-31-36-26(29)22(14-2-3-14)24(32-27(19)36)16-8-17-5-6-18(9-16)35(17)21(38)12-37/h4,7,10-11,14,16-18,37H,2-3,5-6,8-9,12,29H2,1H3,(H,33,34). The third kappa shape index (κ3) is 3.52. The molecule has 4 aromatic heterocycles. The number of anilines is 1. The van der Waals surface area contributed by atoms with Gasteiger partial charge >= 0.3 is 0 Å². The van der Waals surface area contributed by atoms with Crippen LogP contribution in [-0.2, 0) is 4.79 Å². The van der Waals surface area contributed by atoms with Gasteiger partial charge < -0.3 is 15.7 Å². The molecule has 4 N–H and O–H groups in total. The van der Waals surface area contributed by atoms with E-state index in [1.807, 2.05) is 11.0 Å². The summed E-state index contributed by atoms with van der Waals surface area (Å²) in [4.78, 5) is 23.9. The van der Waals surface area contributed by atoms with E-state index < -0.39 is 12.4 Å². The van der Waals surface area contributed by atoms with Gasteiger partial charge in [0.05, 0.1) is 23.3 Å². The Morgan fingerprint density at radius 3 is 2.53 bits per heavy atom. The second kappa shape index (κ2) is 8.59. The first-order valence-corrected chi connectivity index (χ1v) is 13.2. The Balaban J connectivity index is 1.28. The van der Waals surface area contributed by atoms with Crippen molar-refractivity contribution < 1.29 is 14.3 Å². The van der Waals surface area contributed by atoms with Crippen LogP contribution in [0.5, 0.6) is 0 Å². The number of halogens is 1. The first-order valence-electron chi connectivity index (χ1n) is 13.2. The van der Waals surface area contributed by atoms with Crippen LogP contribution in [0.4, 0.5) is 10.2 Å². The number of H-pyrrole nitrogens is 1. The lowest BCUT2D eigenvalue weighted by Gasteiger charge is -2.39. The zero-order valence-corrected chi connectivity index (χ0v) is 21.1. The summed E-state index contributed by atoms with van der Waals surface area (Å²) in [6.45, 7) is 1.18. The summed E-state index contributed by atoms with van der Waals surface area (Å²) in [5.74, 6) is 0.608. The highest BCUT2D eigenvalue weighted by molar-refractivity contribution is 5.80. The van der Waals surface area contributed by atoms with Gasteiger partial charge in [-0.25, -0.2) is 9.37 Å². The first kappa shape index (κ1) is 23.3. The fourth-order valence-electron chi connectivity index (χ4n) is 6.52. The van der Waals surface area contributed by atoms with Crippen LogP contribution in [-0.4, -0.2) is 64.4 Å². The Labute approximate surface area is 218 Å². The van der Waals surface area contributed by atoms with Crippen LogP contribution < -0.4 is 5.73 Å². The van der Waals surface area contributed by atoms with Crippen LogP contribution in [0, 0.1) is 12.7 Å². The molecule has 1 aliphatic carbocycles.